The van der Waals surface area contributed by atoms with Crippen molar-refractivity contribution in [1.82, 2.24) is 5.32 Å². The van der Waals surface area contributed by atoms with Crippen LogP contribution < -0.4 is 20.1 Å². The predicted octanol–water partition coefficient (Wildman–Crippen LogP) is 7.35. The molecule has 5 nitrogen and oxygen atoms in total. The lowest BCUT2D eigenvalue weighted by molar-refractivity contribution is -0.116. The highest BCUT2D eigenvalue weighted by Crippen LogP contribution is 2.39. The molecule has 0 aromatic heterocycles. The van der Waals surface area contributed by atoms with Gasteiger partial charge in [0.15, 0.2) is 17.0 Å². The molecule has 1 aliphatic heterocycles. The molecule has 1 atom stereocenters. The minimum Gasteiger partial charge on any atom is -0.490 e. The molecule has 4 rings (SSSR count). The van der Waals surface area contributed by atoms with Gasteiger partial charge in [-0.1, -0.05) is 58.9 Å². The van der Waals surface area contributed by atoms with Crippen LogP contribution in [0.1, 0.15) is 30.5 Å². The molecular formula is C27H26Br2N2O3S. The van der Waals surface area contributed by atoms with Gasteiger partial charge in [-0.3, -0.25) is 4.79 Å². The number of rotatable bonds is 9. The Balaban J connectivity index is 1.48. The number of nitrogens with one attached hydrogen (secondary N) is 2. The number of anilines is 1. The van der Waals surface area contributed by atoms with Crippen LogP contribution in [-0.4, -0.2) is 18.0 Å². The standard InChI is InChI=1S/C27H26Br2N2O3S/c1-3-17-7-11-21(12-8-17)30-27-31-26(32)24(35-27)15-19-13-22(29)25(23(14-19)33-4-2)34-16-18-5-9-20(28)10-6-18/h5-15,27,30H,3-4,16H2,1-2H3,(H,31,32)/b24-15-/t27-/m0/s1. The molecule has 3 aromatic carbocycles. The van der Waals surface area contributed by atoms with E-state index in [0.29, 0.717) is 29.6 Å². The summed E-state index contributed by atoms with van der Waals surface area (Å²) in [5, 5.41) is 6.34. The van der Waals surface area contributed by atoms with E-state index in [2.05, 4.69) is 61.5 Å². The van der Waals surface area contributed by atoms with Crippen molar-refractivity contribution >= 4 is 61.3 Å². The number of carbonyl (C=O) groups is 1. The van der Waals surface area contributed by atoms with Gasteiger partial charge in [-0.25, -0.2) is 0 Å². The summed E-state index contributed by atoms with van der Waals surface area (Å²) in [7, 11) is 0. The Labute approximate surface area is 226 Å². The van der Waals surface area contributed by atoms with Crippen LogP contribution in [0.25, 0.3) is 6.08 Å². The lowest BCUT2D eigenvalue weighted by atomic mass is 10.1. The van der Waals surface area contributed by atoms with Crippen molar-refractivity contribution < 1.29 is 14.3 Å². The molecule has 0 aliphatic carbocycles. The fourth-order valence-corrected chi connectivity index (χ4v) is 5.34. The van der Waals surface area contributed by atoms with Crippen molar-refractivity contribution in [3.05, 3.63) is 91.2 Å². The van der Waals surface area contributed by atoms with Gasteiger partial charge in [0.25, 0.3) is 5.91 Å². The molecule has 1 aliphatic rings. The normalized spacial score (nSPS) is 16.3. The molecule has 0 spiro atoms. The van der Waals surface area contributed by atoms with Crippen molar-refractivity contribution in [3.63, 3.8) is 0 Å². The van der Waals surface area contributed by atoms with Gasteiger partial charge < -0.3 is 20.1 Å². The van der Waals surface area contributed by atoms with Crippen LogP contribution in [0, 0.1) is 0 Å². The minimum atomic E-state index is -0.232. The van der Waals surface area contributed by atoms with Crippen LogP contribution in [0.4, 0.5) is 5.69 Å². The molecule has 0 radical (unpaired) electrons. The summed E-state index contributed by atoms with van der Waals surface area (Å²) in [5.74, 6) is 1.15. The summed E-state index contributed by atoms with van der Waals surface area (Å²) in [6.45, 7) is 4.97. The average molecular weight is 618 g/mol. The summed E-state index contributed by atoms with van der Waals surface area (Å²) in [4.78, 5) is 13.2. The molecule has 1 heterocycles. The molecule has 0 bridgehead atoms. The maximum Gasteiger partial charge on any atom is 0.260 e. The second-order valence-electron chi connectivity index (χ2n) is 7.85. The van der Waals surface area contributed by atoms with Gasteiger partial charge in [0.2, 0.25) is 0 Å². The number of amides is 1. The van der Waals surface area contributed by atoms with E-state index < -0.39 is 0 Å². The number of hydrogen-bond donors (Lipinski definition) is 2. The fraction of sp³-hybridized carbons (Fsp3) is 0.222. The molecule has 1 saturated heterocycles. The third-order valence-corrected chi connectivity index (χ3v) is 7.46. The molecule has 8 heteroatoms. The molecular weight excluding hydrogens is 592 g/mol. The summed E-state index contributed by atoms with van der Waals surface area (Å²) < 4.78 is 13.7. The molecule has 1 amide bonds. The molecule has 3 aromatic rings. The van der Waals surface area contributed by atoms with Gasteiger partial charge in [-0.05, 0) is 88.4 Å². The topological polar surface area (TPSA) is 59.6 Å². The molecule has 2 N–H and O–H groups in total. The largest absolute Gasteiger partial charge is 0.490 e. The Kier molecular flexibility index (Phi) is 8.81. The van der Waals surface area contributed by atoms with Crippen molar-refractivity contribution in [2.24, 2.45) is 0 Å². The molecule has 182 valence electrons. The van der Waals surface area contributed by atoms with Crippen LogP contribution in [-0.2, 0) is 17.8 Å². The average Bonchev–Trinajstić information content (AvgIpc) is 3.18. The van der Waals surface area contributed by atoms with Gasteiger partial charge in [0.05, 0.1) is 16.0 Å². The first kappa shape index (κ1) is 25.7. The lowest BCUT2D eigenvalue weighted by Gasteiger charge is -2.15. The Hall–Kier alpha value is -2.42. The monoisotopic (exact) mass is 616 g/mol. The Morgan fingerprint density at radius 1 is 1.00 bits per heavy atom. The number of benzene rings is 3. The van der Waals surface area contributed by atoms with E-state index in [1.807, 2.05) is 61.5 Å². The van der Waals surface area contributed by atoms with Gasteiger partial charge in [0, 0.05) is 10.2 Å². The van der Waals surface area contributed by atoms with Crippen molar-refractivity contribution in [3.8, 4) is 11.5 Å². The lowest BCUT2D eigenvalue weighted by Crippen LogP contribution is -2.30. The summed E-state index contributed by atoms with van der Waals surface area (Å²) >= 11 is 8.53. The van der Waals surface area contributed by atoms with Crippen LogP contribution in [0.5, 0.6) is 11.5 Å². The minimum absolute atomic E-state index is 0.109. The van der Waals surface area contributed by atoms with Gasteiger partial charge in [-0.15, -0.1) is 0 Å². The number of carbonyl (C=O) groups excluding carboxylic acids is 1. The van der Waals surface area contributed by atoms with E-state index in [0.717, 1.165) is 32.2 Å². The number of halogens is 2. The van der Waals surface area contributed by atoms with E-state index in [1.165, 1.54) is 17.3 Å². The zero-order valence-corrected chi connectivity index (χ0v) is 23.4. The predicted molar refractivity (Wildman–Crippen MR) is 151 cm³/mol. The van der Waals surface area contributed by atoms with Crippen molar-refractivity contribution in [2.75, 3.05) is 11.9 Å². The van der Waals surface area contributed by atoms with E-state index >= 15 is 0 Å². The second-order valence-corrected chi connectivity index (χ2v) is 10.8. The van der Waals surface area contributed by atoms with Crippen LogP contribution in [0.15, 0.2) is 74.5 Å². The third kappa shape index (κ3) is 6.84. The quantitative estimate of drug-likeness (QED) is 0.246. The molecule has 0 unspecified atom stereocenters. The number of thioether (sulfide) groups is 1. The van der Waals surface area contributed by atoms with E-state index in [4.69, 9.17) is 9.47 Å². The van der Waals surface area contributed by atoms with Gasteiger partial charge >= 0.3 is 0 Å². The molecule has 1 fully saturated rings. The van der Waals surface area contributed by atoms with Crippen LogP contribution in [0.2, 0.25) is 0 Å². The number of hydrogen-bond acceptors (Lipinski definition) is 5. The zero-order valence-electron chi connectivity index (χ0n) is 19.4. The maximum absolute atomic E-state index is 12.6. The number of aryl methyl sites for hydroxylation is 1. The molecule has 35 heavy (non-hydrogen) atoms. The third-order valence-electron chi connectivity index (χ3n) is 5.32. The van der Waals surface area contributed by atoms with Crippen LogP contribution in [0.3, 0.4) is 0 Å². The maximum atomic E-state index is 12.6. The highest BCUT2D eigenvalue weighted by atomic mass is 79.9. The SMILES string of the molecule is CCOc1cc(/C=C2\S[C@@H](Nc3ccc(CC)cc3)NC2=O)cc(Br)c1OCc1ccc(Br)cc1. The van der Waals surface area contributed by atoms with Gasteiger partial charge in [-0.2, -0.15) is 0 Å². The Bertz CT molecular complexity index is 1210. The van der Waals surface area contributed by atoms with Crippen LogP contribution >= 0.6 is 43.6 Å². The first-order chi connectivity index (χ1) is 16.9. The first-order valence-electron chi connectivity index (χ1n) is 11.3. The molecule has 0 saturated carbocycles. The van der Waals surface area contributed by atoms with Crippen molar-refractivity contribution in [2.45, 2.75) is 32.4 Å². The van der Waals surface area contributed by atoms with E-state index in [-0.39, 0.29) is 11.4 Å². The van der Waals surface area contributed by atoms with E-state index in [1.54, 1.807) is 0 Å². The Morgan fingerprint density at radius 3 is 2.40 bits per heavy atom. The van der Waals surface area contributed by atoms with Gasteiger partial charge in [0.1, 0.15) is 6.61 Å². The summed E-state index contributed by atoms with van der Waals surface area (Å²) in [6, 6.07) is 20.1. The van der Waals surface area contributed by atoms with E-state index in [9.17, 15) is 4.79 Å². The first-order valence-corrected chi connectivity index (χ1v) is 13.8. The highest BCUT2D eigenvalue weighted by molar-refractivity contribution is 9.10. The summed E-state index contributed by atoms with van der Waals surface area (Å²) in [6.07, 6.45) is 2.86. The highest BCUT2D eigenvalue weighted by Gasteiger charge is 2.27. The fourth-order valence-electron chi connectivity index (χ4n) is 3.52. The van der Waals surface area contributed by atoms with Crippen molar-refractivity contribution in [1.29, 1.82) is 0 Å². The Morgan fingerprint density at radius 2 is 1.71 bits per heavy atom. The summed E-state index contributed by atoms with van der Waals surface area (Å²) in [5.41, 5.74) is 3.91. The smallest absolute Gasteiger partial charge is 0.260 e. The number of ether oxygens (including phenoxy) is 2. The zero-order chi connectivity index (χ0) is 24.8. The second kappa shape index (κ2) is 12.0.